The molecule has 0 aliphatic carbocycles. The van der Waals surface area contributed by atoms with Gasteiger partial charge in [0.2, 0.25) is 0 Å². The van der Waals surface area contributed by atoms with Crippen LogP contribution in [0.15, 0.2) is 18.2 Å². The van der Waals surface area contributed by atoms with Crippen LogP contribution in [0.25, 0.3) is 0 Å². The summed E-state index contributed by atoms with van der Waals surface area (Å²) in [7, 11) is 0. The number of hydrogen-bond acceptors (Lipinski definition) is 3. The summed E-state index contributed by atoms with van der Waals surface area (Å²) >= 11 is 0. The van der Waals surface area contributed by atoms with Crippen molar-refractivity contribution in [3.05, 3.63) is 29.3 Å². The van der Waals surface area contributed by atoms with Gasteiger partial charge in [-0.05, 0) is 54.5 Å². The van der Waals surface area contributed by atoms with Crippen molar-refractivity contribution in [1.29, 1.82) is 0 Å². The van der Waals surface area contributed by atoms with Crippen LogP contribution in [0, 0.1) is 5.92 Å². The standard InChI is InChI=1S/C17H30N2O/c1-5-8-20-17-7-6-14(9-16(17)12(2)3)13(4)15(10-18)11-19/h6-7,9,12-13,15H,5,8,10-11,18-19H2,1-4H3. The first-order valence-electron chi connectivity index (χ1n) is 7.71. The van der Waals surface area contributed by atoms with Crippen LogP contribution in [0.2, 0.25) is 0 Å². The average Bonchev–Trinajstić information content (AvgIpc) is 2.45. The van der Waals surface area contributed by atoms with E-state index < -0.39 is 0 Å². The Labute approximate surface area is 123 Å². The molecule has 0 aromatic heterocycles. The van der Waals surface area contributed by atoms with E-state index in [1.54, 1.807) is 0 Å². The molecule has 0 saturated carbocycles. The molecule has 0 saturated heterocycles. The molecule has 4 N–H and O–H groups in total. The quantitative estimate of drug-likeness (QED) is 0.767. The van der Waals surface area contributed by atoms with Crippen LogP contribution in [0.3, 0.4) is 0 Å². The Bertz CT molecular complexity index is 400. The summed E-state index contributed by atoms with van der Waals surface area (Å²) in [5.41, 5.74) is 14.2. The summed E-state index contributed by atoms with van der Waals surface area (Å²) in [4.78, 5) is 0. The molecular formula is C17H30N2O. The van der Waals surface area contributed by atoms with Crippen LogP contribution in [0.5, 0.6) is 5.75 Å². The largest absolute Gasteiger partial charge is 0.493 e. The molecule has 0 fully saturated rings. The highest BCUT2D eigenvalue weighted by atomic mass is 16.5. The second-order valence-electron chi connectivity index (χ2n) is 5.82. The van der Waals surface area contributed by atoms with E-state index in [0.717, 1.165) is 18.8 Å². The zero-order valence-electron chi connectivity index (χ0n) is 13.4. The summed E-state index contributed by atoms with van der Waals surface area (Å²) in [5, 5.41) is 0. The molecule has 0 bridgehead atoms. The highest BCUT2D eigenvalue weighted by Gasteiger charge is 2.18. The Balaban J connectivity index is 3.03. The predicted octanol–water partition coefficient (Wildman–Crippen LogP) is 3.24. The van der Waals surface area contributed by atoms with Crippen molar-refractivity contribution in [2.75, 3.05) is 19.7 Å². The number of benzene rings is 1. The van der Waals surface area contributed by atoms with Gasteiger partial charge in [0.15, 0.2) is 0 Å². The minimum atomic E-state index is 0.331. The predicted molar refractivity (Wildman–Crippen MR) is 86.3 cm³/mol. The van der Waals surface area contributed by atoms with Gasteiger partial charge in [0.05, 0.1) is 6.61 Å². The van der Waals surface area contributed by atoms with Gasteiger partial charge in [-0.15, -0.1) is 0 Å². The van der Waals surface area contributed by atoms with Crippen LogP contribution >= 0.6 is 0 Å². The molecule has 0 radical (unpaired) electrons. The molecule has 0 aliphatic rings. The minimum Gasteiger partial charge on any atom is -0.493 e. The fourth-order valence-electron chi connectivity index (χ4n) is 2.42. The number of ether oxygens (including phenoxy) is 1. The molecule has 0 aliphatic heterocycles. The Morgan fingerprint density at radius 3 is 2.25 bits per heavy atom. The highest BCUT2D eigenvalue weighted by molar-refractivity contribution is 5.40. The third-order valence-electron chi connectivity index (χ3n) is 3.96. The Hall–Kier alpha value is -1.06. The summed E-state index contributed by atoms with van der Waals surface area (Å²) in [6.07, 6.45) is 1.03. The molecule has 1 atom stereocenters. The molecule has 1 aromatic carbocycles. The summed E-state index contributed by atoms with van der Waals surface area (Å²) in [6, 6.07) is 6.51. The fraction of sp³-hybridized carbons (Fsp3) is 0.647. The van der Waals surface area contributed by atoms with Crippen LogP contribution < -0.4 is 16.2 Å². The van der Waals surface area contributed by atoms with Gasteiger partial charge in [-0.3, -0.25) is 0 Å². The average molecular weight is 278 g/mol. The minimum absolute atomic E-state index is 0.331. The first kappa shape index (κ1) is 17.0. The van der Waals surface area contributed by atoms with E-state index in [4.69, 9.17) is 16.2 Å². The lowest BCUT2D eigenvalue weighted by atomic mass is 9.85. The molecule has 0 amide bonds. The van der Waals surface area contributed by atoms with Gasteiger partial charge in [-0.25, -0.2) is 0 Å². The van der Waals surface area contributed by atoms with E-state index in [1.165, 1.54) is 11.1 Å². The van der Waals surface area contributed by atoms with Crippen molar-refractivity contribution in [2.24, 2.45) is 17.4 Å². The van der Waals surface area contributed by atoms with E-state index in [1.807, 2.05) is 0 Å². The molecule has 3 heteroatoms. The zero-order valence-corrected chi connectivity index (χ0v) is 13.4. The van der Waals surface area contributed by atoms with Crippen LogP contribution in [0.4, 0.5) is 0 Å². The van der Waals surface area contributed by atoms with E-state index in [9.17, 15) is 0 Å². The molecule has 1 aromatic rings. The first-order valence-corrected chi connectivity index (χ1v) is 7.71. The maximum absolute atomic E-state index is 5.85. The smallest absolute Gasteiger partial charge is 0.122 e. The summed E-state index contributed by atoms with van der Waals surface area (Å²) in [5.74, 6) is 2.17. The van der Waals surface area contributed by atoms with E-state index in [2.05, 4.69) is 45.9 Å². The van der Waals surface area contributed by atoms with Crippen molar-refractivity contribution >= 4 is 0 Å². The van der Waals surface area contributed by atoms with Gasteiger partial charge < -0.3 is 16.2 Å². The molecule has 1 rings (SSSR count). The number of rotatable bonds is 8. The van der Waals surface area contributed by atoms with E-state index in [0.29, 0.717) is 30.8 Å². The van der Waals surface area contributed by atoms with Crippen molar-refractivity contribution < 1.29 is 4.74 Å². The van der Waals surface area contributed by atoms with Crippen LogP contribution in [0.1, 0.15) is 57.1 Å². The molecule has 3 nitrogen and oxygen atoms in total. The SMILES string of the molecule is CCCOc1ccc(C(C)C(CN)CN)cc1C(C)C. The topological polar surface area (TPSA) is 61.3 Å². The summed E-state index contributed by atoms with van der Waals surface area (Å²) < 4.78 is 5.85. The Kier molecular flexibility index (Phi) is 7.03. The second-order valence-corrected chi connectivity index (χ2v) is 5.82. The molecule has 20 heavy (non-hydrogen) atoms. The van der Waals surface area contributed by atoms with Gasteiger partial charge >= 0.3 is 0 Å². The second kappa shape index (κ2) is 8.28. The zero-order chi connectivity index (χ0) is 15.1. The Morgan fingerprint density at radius 1 is 1.10 bits per heavy atom. The molecule has 114 valence electrons. The number of hydrogen-bond donors (Lipinski definition) is 2. The van der Waals surface area contributed by atoms with Crippen molar-refractivity contribution in [3.63, 3.8) is 0 Å². The summed E-state index contributed by atoms with van der Waals surface area (Å²) in [6.45, 7) is 10.8. The van der Waals surface area contributed by atoms with Crippen LogP contribution in [-0.2, 0) is 0 Å². The maximum Gasteiger partial charge on any atom is 0.122 e. The monoisotopic (exact) mass is 278 g/mol. The fourth-order valence-corrected chi connectivity index (χ4v) is 2.42. The van der Waals surface area contributed by atoms with Gasteiger partial charge in [0, 0.05) is 0 Å². The Morgan fingerprint density at radius 2 is 1.75 bits per heavy atom. The van der Waals surface area contributed by atoms with E-state index in [-0.39, 0.29) is 0 Å². The van der Waals surface area contributed by atoms with Crippen molar-refractivity contribution in [1.82, 2.24) is 0 Å². The lowest BCUT2D eigenvalue weighted by molar-refractivity contribution is 0.312. The molecular weight excluding hydrogens is 248 g/mol. The van der Waals surface area contributed by atoms with Crippen molar-refractivity contribution in [3.8, 4) is 5.75 Å². The maximum atomic E-state index is 5.85. The molecule has 0 spiro atoms. The highest BCUT2D eigenvalue weighted by Crippen LogP contribution is 2.32. The molecule has 1 unspecified atom stereocenters. The van der Waals surface area contributed by atoms with Crippen LogP contribution in [-0.4, -0.2) is 19.7 Å². The van der Waals surface area contributed by atoms with Crippen molar-refractivity contribution in [2.45, 2.75) is 46.0 Å². The lowest BCUT2D eigenvalue weighted by Gasteiger charge is -2.23. The lowest BCUT2D eigenvalue weighted by Crippen LogP contribution is -2.28. The van der Waals surface area contributed by atoms with Gasteiger partial charge in [0.25, 0.3) is 0 Å². The van der Waals surface area contributed by atoms with E-state index >= 15 is 0 Å². The van der Waals surface area contributed by atoms with Gasteiger partial charge in [0.1, 0.15) is 5.75 Å². The number of nitrogens with two attached hydrogens (primary N) is 2. The third kappa shape index (κ3) is 4.22. The first-order chi connectivity index (χ1) is 9.54. The van der Waals surface area contributed by atoms with Gasteiger partial charge in [-0.1, -0.05) is 39.8 Å². The third-order valence-corrected chi connectivity index (χ3v) is 3.96. The molecule has 0 heterocycles. The normalized spacial score (nSPS) is 13.0. The van der Waals surface area contributed by atoms with Gasteiger partial charge in [-0.2, -0.15) is 0 Å².